The zero-order valence-electron chi connectivity index (χ0n) is 13.2. The van der Waals surface area contributed by atoms with E-state index >= 15 is 0 Å². The monoisotopic (exact) mass is 290 g/mol. The molecule has 0 saturated carbocycles. The van der Waals surface area contributed by atoms with Gasteiger partial charge in [0.25, 0.3) is 0 Å². The Labute approximate surface area is 127 Å². The van der Waals surface area contributed by atoms with E-state index in [2.05, 4.69) is 32.2 Å². The van der Waals surface area contributed by atoms with Gasteiger partial charge in [-0.1, -0.05) is 0 Å². The number of amides is 1. The Morgan fingerprint density at radius 2 is 1.81 bits per heavy atom. The van der Waals surface area contributed by atoms with Gasteiger partial charge in [-0.15, -0.1) is 0 Å². The standard InChI is InChI=1S/C16H26N4O/c1-13(2)18-16(21)14(3)20-10-8-19(9-11-20)12-15-4-6-17-7-5-15/h4-7,13-14H,8-12H2,1-3H3,(H,18,21). The van der Waals surface area contributed by atoms with Crippen LogP contribution in [0.4, 0.5) is 0 Å². The van der Waals surface area contributed by atoms with Crippen LogP contribution in [0.1, 0.15) is 26.3 Å². The van der Waals surface area contributed by atoms with Gasteiger partial charge in [0.15, 0.2) is 0 Å². The number of rotatable bonds is 5. The molecular formula is C16H26N4O. The van der Waals surface area contributed by atoms with E-state index in [1.54, 1.807) is 0 Å². The molecule has 0 bridgehead atoms. The molecule has 1 amide bonds. The van der Waals surface area contributed by atoms with Gasteiger partial charge in [-0.05, 0) is 38.5 Å². The molecule has 1 fully saturated rings. The van der Waals surface area contributed by atoms with Gasteiger partial charge >= 0.3 is 0 Å². The molecule has 116 valence electrons. The minimum absolute atomic E-state index is 0.0459. The Balaban J connectivity index is 1.79. The highest BCUT2D eigenvalue weighted by molar-refractivity contribution is 5.81. The Morgan fingerprint density at radius 3 is 2.38 bits per heavy atom. The summed E-state index contributed by atoms with van der Waals surface area (Å²) in [7, 11) is 0. The smallest absolute Gasteiger partial charge is 0.237 e. The molecule has 5 heteroatoms. The van der Waals surface area contributed by atoms with Gasteiger partial charge in [0.2, 0.25) is 5.91 Å². The van der Waals surface area contributed by atoms with Gasteiger partial charge in [-0.3, -0.25) is 19.6 Å². The number of carbonyl (C=O) groups is 1. The fourth-order valence-electron chi connectivity index (χ4n) is 2.63. The maximum absolute atomic E-state index is 12.1. The molecule has 1 saturated heterocycles. The fraction of sp³-hybridized carbons (Fsp3) is 0.625. The van der Waals surface area contributed by atoms with Crippen LogP contribution in [0, 0.1) is 0 Å². The number of hydrogen-bond acceptors (Lipinski definition) is 4. The van der Waals surface area contributed by atoms with Crippen LogP contribution < -0.4 is 5.32 Å². The normalized spacial score (nSPS) is 18.7. The van der Waals surface area contributed by atoms with Crippen LogP contribution in [-0.4, -0.2) is 59.0 Å². The summed E-state index contributed by atoms with van der Waals surface area (Å²) in [4.78, 5) is 20.8. The second-order valence-electron chi connectivity index (χ2n) is 6.01. The molecular weight excluding hydrogens is 264 g/mol. The average Bonchev–Trinajstić information content (AvgIpc) is 2.47. The first-order chi connectivity index (χ1) is 10.1. The van der Waals surface area contributed by atoms with E-state index < -0.39 is 0 Å². The SMILES string of the molecule is CC(C)NC(=O)C(C)N1CCN(Cc2ccncc2)CC1. The molecule has 1 aliphatic heterocycles. The second-order valence-corrected chi connectivity index (χ2v) is 6.01. The molecule has 2 rings (SSSR count). The summed E-state index contributed by atoms with van der Waals surface area (Å²) in [5.41, 5.74) is 1.30. The molecule has 1 aromatic rings. The average molecular weight is 290 g/mol. The molecule has 1 atom stereocenters. The lowest BCUT2D eigenvalue weighted by molar-refractivity contribution is -0.127. The minimum atomic E-state index is -0.0459. The third kappa shape index (κ3) is 4.79. The fourth-order valence-corrected chi connectivity index (χ4v) is 2.63. The quantitative estimate of drug-likeness (QED) is 0.882. The van der Waals surface area contributed by atoms with Crippen molar-refractivity contribution in [1.29, 1.82) is 0 Å². The number of pyridine rings is 1. The largest absolute Gasteiger partial charge is 0.353 e. The van der Waals surface area contributed by atoms with E-state index in [4.69, 9.17) is 0 Å². The van der Waals surface area contributed by atoms with Gasteiger partial charge in [-0.2, -0.15) is 0 Å². The van der Waals surface area contributed by atoms with Crippen molar-refractivity contribution in [3.63, 3.8) is 0 Å². The van der Waals surface area contributed by atoms with Gasteiger partial charge in [-0.25, -0.2) is 0 Å². The molecule has 21 heavy (non-hydrogen) atoms. The number of aromatic nitrogens is 1. The van der Waals surface area contributed by atoms with Crippen molar-refractivity contribution in [3.05, 3.63) is 30.1 Å². The predicted molar refractivity (Wildman–Crippen MR) is 83.8 cm³/mol. The number of nitrogens with zero attached hydrogens (tertiary/aromatic N) is 3. The first-order valence-corrected chi connectivity index (χ1v) is 7.72. The number of carbonyl (C=O) groups excluding carboxylic acids is 1. The van der Waals surface area contributed by atoms with Crippen molar-refractivity contribution in [2.24, 2.45) is 0 Å². The van der Waals surface area contributed by atoms with E-state index in [1.165, 1.54) is 5.56 Å². The maximum atomic E-state index is 12.1. The molecule has 5 nitrogen and oxygen atoms in total. The molecule has 2 heterocycles. The van der Waals surface area contributed by atoms with Crippen molar-refractivity contribution in [2.75, 3.05) is 26.2 Å². The molecule has 0 aliphatic carbocycles. The second kappa shape index (κ2) is 7.52. The number of nitrogens with one attached hydrogen (secondary N) is 1. The molecule has 0 spiro atoms. The summed E-state index contributed by atoms with van der Waals surface area (Å²) in [6.45, 7) is 10.8. The van der Waals surface area contributed by atoms with Crippen LogP contribution in [0.3, 0.4) is 0 Å². The van der Waals surface area contributed by atoms with Crippen LogP contribution in [0.5, 0.6) is 0 Å². The summed E-state index contributed by atoms with van der Waals surface area (Å²) in [5, 5.41) is 2.99. The van der Waals surface area contributed by atoms with Crippen molar-refractivity contribution in [1.82, 2.24) is 20.1 Å². The van der Waals surface area contributed by atoms with Crippen LogP contribution in [0.2, 0.25) is 0 Å². The zero-order valence-corrected chi connectivity index (χ0v) is 13.2. The molecule has 0 radical (unpaired) electrons. The Morgan fingerprint density at radius 1 is 1.19 bits per heavy atom. The highest BCUT2D eigenvalue weighted by atomic mass is 16.2. The summed E-state index contributed by atoms with van der Waals surface area (Å²) >= 11 is 0. The van der Waals surface area contributed by atoms with E-state index in [9.17, 15) is 4.79 Å². The highest BCUT2D eigenvalue weighted by Gasteiger charge is 2.25. The third-order valence-corrected chi connectivity index (χ3v) is 3.92. The molecule has 1 unspecified atom stereocenters. The van der Waals surface area contributed by atoms with Gasteiger partial charge < -0.3 is 5.32 Å². The van der Waals surface area contributed by atoms with Crippen molar-refractivity contribution < 1.29 is 4.79 Å². The van der Waals surface area contributed by atoms with Gasteiger partial charge in [0.1, 0.15) is 0 Å². The van der Waals surface area contributed by atoms with Gasteiger partial charge in [0.05, 0.1) is 6.04 Å². The summed E-state index contributed by atoms with van der Waals surface area (Å²) < 4.78 is 0. The maximum Gasteiger partial charge on any atom is 0.237 e. The van der Waals surface area contributed by atoms with E-state index in [1.807, 2.05) is 33.2 Å². The molecule has 0 aromatic carbocycles. The van der Waals surface area contributed by atoms with Crippen LogP contribution in [-0.2, 0) is 11.3 Å². The van der Waals surface area contributed by atoms with E-state index in [0.29, 0.717) is 0 Å². The zero-order chi connectivity index (χ0) is 15.2. The molecule has 1 N–H and O–H groups in total. The Hall–Kier alpha value is -1.46. The van der Waals surface area contributed by atoms with Gasteiger partial charge in [0, 0.05) is 51.2 Å². The van der Waals surface area contributed by atoms with Crippen LogP contribution >= 0.6 is 0 Å². The Kier molecular flexibility index (Phi) is 5.70. The van der Waals surface area contributed by atoms with Crippen LogP contribution in [0.15, 0.2) is 24.5 Å². The summed E-state index contributed by atoms with van der Waals surface area (Å²) in [6.07, 6.45) is 3.67. The van der Waals surface area contributed by atoms with E-state index in [0.717, 1.165) is 32.7 Å². The van der Waals surface area contributed by atoms with Crippen LogP contribution in [0.25, 0.3) is 0 Å². The lowest BCUT2D eigenvalue weighted by Gasteiger charge is -2.37. The topological polar surface area (TPSA) is 48.5 Å². The minimum Gasteiger partial charge on any atom is -0.353 e. The highest BCUT2D eigenvalue weighted by Crippen LogP contribution is 2.10. The molecule has 1 aromatic heterocycles. The molecule has 1 aliphatic rings. The van der Waals surface area contributed by atoms with E-state index in [-0.39, 0.29) is 18.0 Å². The number of hydrogen-bond donors (Lipinski definition) is 1. The Bertz CT molecular complexity index is 441. The first-order valence-electron chi connectivity index (χ1n) is 7.72. The first kappa shape index (κ1) is 15.9. The number of piperazine rings is 1. The van der Waals surface area contributed by atoms with Crippen molar-refractivity contribution in [2.45, 2.75) is 39.4 Å². The lowest BCUT2D eigenvalue weighted by Crippen LogP contribution is -2.54. The van der Waals surface area contributed by atoms with Crippen molar-refractivity contribution in [3.8, 4) is 0 Å². The summed E-state index contributed by atoms with van der Waals surface area (Å²) in [6, 6.07) is 4.28. The third-order valence-electron chi connectivity index (χ3n) is 3.92. The predicted octanol–water partition coefficient (Wildman–Crippen LogP) is 1.11. The lowest BCUT2D eigenvalue weighted by atomic mass is 10.2. The summed E-state index contributed by atoms with van der Waals surface area (Å²) in [5.74, 6) is 0.132. The van der Waals surface area contributed by atoms with Crippen molar-refractivity contribution >= 4 is 5.91 Å².